The van der Waals surface area contributed by atoms with Crippen molar-refractivity contribution in [3.8, 4) is 5.75 Å². The average molecular weight is 417 g/mol. The quantitative estimate of drug-likeness (QED) is 0.657. The van der Waals surface area contributed by atoms with Crippen LogP contribution in [-0.2, 0) is 12.1 Å². The molecular formula is C24H20FN3O3. The Morgan fingerprint density at radius 2 is 1.81 bits per heavy atom. The van der Waals surface area contributed by atoms with Crippen LogP contribution in [0, 0.1) is 5.82 Å². The van der Waals surface area contributed by atoms with Crippen LogP contribution in [0.2, 0.25) is 0 Å². The minimum Gasteiger partial charge on any atom is -0.497 e. The van der Waals surface area contributed by atoms with Crippen LogP contribution in [0.4, 0.5) is 4.39 Å². The molecule has 2 amide bonds. The summed E-state index contributed by atoms with van der Waals surface area (Å²) in [4.78, 5) is 34.9. The van der Waals surface area contributed by atoms with Gasteiger partial charge in [0.15, 0.2) is 0 Å². The molecule has 0 spiro atoms. The molecule has 1 saturated heterocycles. The molecule has 31 heavy (non-hydrogen) atoms. The predicted molar refractivity (Wildman–Crippen MR) is 111 cm³/mol. The molecule has 156 valence electrons. The molecule has 0 aliphatic carbocycles. The number of hydrogen-bond donors (Lipinski definition) is 0. The number of carbonyl (C=O) groups excluding carboxylic acids is 2. The van der Waals surface area contributed by atoms with Crippen molar-refractivity contribution >= 4 is 11.8 Å². The third kappa shape index (κ3) is 2.88. The van der Waals surface area contributed by atoms with Crippen LogP contribution in [0.15, 0.2) is 66.9 Å². The molecule has 2 aliphatic rings. The fourth-order valence-corrected chi connectivity index (χ4v) is 4.62. The second-order valence-electron chi connectivity index (χ2n) is 7.64. The van der Waals surface area contributed by atoms with Gasteiger partial charge >= 0.3 is 0 Å². The number of ether oxygens (including phenoxy) is 1. The first-order valence-corrected chi connectivity index (χ1v) is 10.0. The van der Waals surface area contributed by atoms with Crippen molar-refractivity contribution in [1.82, 2.24) is 14.8 Å². The van der Waals surface area contributed by atoms with Crippen molar-refractivity contribution in [1.29, 1.82) is 0 Å². The molecule has 0 saturated carbocycles. The topological polar surface area (TPSA) is 62.7 Å². The summed E-state index contributed by atoms with van der Waals surface area (Å²) in [6.07, 6.45) is 2.03. The number of benzene rings is 2. The van der Waals surface area contributed by atoms with Gasteiger partial charge in [-0.1, -0.05) is 12.1 Å². The number of methoxy groups -OCH3 is 1. The normalized spacial score (nSPS) is 19.7. The maximum absolute atomic E-state index is 13.6. The Labute approximate surface area is 178 Å². The monoisotopic (exact) mass is 417 g/mol. The third-order valence-corrected chi connectivity index (χ3v) is 6.11. The van der Waals surface area contributed by atoms with Crippen molar-refractivity contribution in [3.05, 3.63) is 95.1 Å². The first-order valence-electron chi connectivity index (χ1n) is 10.0. The first kappa shape index (κ1) is 19.2. The van der Waals surface area contributed by atoms with Gasteiger partial charge in [0.1, 0.15) is 17.2 Å². The average Bonchev–Trinajstić information content (AvgIpc) is 3.20. The maximum Gasteiger partial charge on any atom is 0.257 e. The van der Waals surface area contributed by atoms with Crippen molar-refractivity contribution in [2.75, 3.05) is 20.2 Å². The number of carbonyl (C=O) groups is 2. The largest absolute Gasteiger partial charge is 0.497 e. The van der Waals surface area contributed by atoms with Gasteiger partial charge in [-0.3, -0.25) is 14.6 Å². The zero-order chi connectivity index (χ0) is 21.6. The molecule has 1 unspecified atom stereocenters. The number of rotatable bonds is 3. The van der Waals surface area contributed by atoms with E-state index in [0.717, 1.165) is 5.56 Å². The fraction of sp³-hybridized carbons (Fsp3) is 0.208. The van der Waals surface area contributed by atoms with Crippen LogP contribution in [-0.4, -0.2) is 46.8 Å². The zero-order valence-electron chi connectivity index (χ0n) is 16.9. The van der Waals surface area contributed by atoms with Crippen molar-refractivity contribution in [2.45, 2.75) is 12.1 Å². The summed E-state index contributed by atoms with van der Waals surface area (Å²) in [5.74, 6) is -0.137. The van der Waals surface area contributed by atoms with Crippen LogP contribution < -0.4 is 4.74 Å². The number of halogens is 1. The predicted octanol–water partition coefficient (Wildman–Crippen LogP) is 3.24. The summed E-state index contributed by atoms with van der Waals surface area (Å²) in [5, 5.41) is 0. The summed E-state index contributed by atoms with van der Waals surface area (Å²) in [5.41, 5.74) is 1.36. The second-order valence-corrected chi connectivity index (χ2v) is 7.64. The summed E-state index contributed by atoms with van der Waals surface area (Å²) in [6, 6.07) is 16.4. The molecule has 1 aromatic heterocycles. The van der Waals surface area contributed by atoms with Gasteiger partial charge in [-0.15, -0.1) is 0 Å². The van der Waals surface area contributed by atoms with Gasteiger partial charge in [-0.25, -0.2) is 4.39 Å². The Morgan fingerprint density at radius 3 is 2.52 bits per heavy atom. The van der Waals surface area contributed by atoms with Crippen LogP contribution >= 0.6 is 0 Å². The lowest BCUT2D eigenvalue weighted by Gasteiger charge is -2.47. The lowest BCUT2D eigenvalue weighted by Crippen LogP contribution is -2.58. The lowest BCUT2D eigenvalue weighted by molar-refractivity contribution is 0.00703. The van der Waals surface area contributed by atoms with E-state index in [1.54, 1.807) is 35.2 Å². The molecule has 5 rings (SSSR count). The number of fused-ring (bicyclic) bond motifs is 2. The Kier molecular flexibility index (Phi) is 4.46. The van der Waals surface area contributed by atoms with Gasteiger partial charge in [-0.2, -0.15) is 0 Å². The molecule has 2 aliphatic heterocycles. The van der Waals surface area contributed by atoms with Gasteiger partial charge in [0.2, 0.25) is 0 Å². The molecule has 0 radical (unpaired) electrons. The molecule has 3 aromatic rings. The van der Waals surface area contributed by atoms with Crippen molar-refractivity contribution < 1.29 is 18.7 Å². The Balaban J connectivity index is 1.67. The molecule has 1 fully saturated rings. The van der Waals surface area contributed by atoms with E-state index >= 15 is 0 Å². The summed E-state index contributed by atoms with van der Waals surface area (Å²) < 4.78 is 18.7. The molecule has 2 aromatic carbocycles. The Bertz CT molecular complexity index is 1160. The number of hydrogen-bond acceptors (Lipinski definition) is 4. The van der Waals surface area contributed by atoms with Crippen molar-refractivity contribution in [3.63, 3.8) is 0 Å². The number of aromatic nitrogens is 1. The van der Waals surface area contributed by atoms with Crippen LogP contribution in [0.5, 0.6) is 5.75 Å². The van der Waals surface area contributed by atoms with E-state index in [1.807, 2.05) is 24.3 Å². The third-order valence-electron chi connectivity index (χ3n) is 6.11. The van der Waals surface area contributed by atoms with Crippen LogP contribution in [0.1, 0.15) is 32.0 Å². The fourth-order valence-electron chi connectivity index (χ4n) is 4.62. The number of amides is 2. The molecule has 1 atom stereocenters. The van der Waals surface area contributed by atoms with E-state index in [-0.39, 0.29) is 11.8 Å². The van der Waals surface area contributed by atoms with Gasteiger partial charge in [-0.05, 0) is 54.1 Å². The maximum atomic E-state index is 13.6. The van der Waals surface area contributed by atoms with Gasteiger partial charge < -0.3 is 14.5 Å². The van der Waals surface area contributed by atoms with Crippen LogP contribution in [0.25, 0.3) is 0 Å². The zero-order valence-corrected chi connectivity index (χ0v) is 16.9. The molecule has 6 nitrogen and oxygen atoms in total. The smallest absolute Gasteiger partial charge is 0.257 e. The number of nitrogens with zero attached hydrogens (tertiary/aromatic N) is 3. The molecular weight excluding hydrogens is 397 g/mol. The SMILES string of the molecule is COc1ccc(C23Cc4ncccc4C(=O)N2CCN3C(=O)c2ccc(F)cc2)cc1. The van der Waals surface area contributed by atoms with Gasteiger partial charge in [0.25, 0.3) is 11.8 Å². The van der Waals surface area contributed by atoms with E-state index in [0.29, 0.717) is 42.1 Å². The minimum absolute atomic E-state index is 0.153. The van der Waals surface area contributed by atoms with E-state index < -0.39 is 11.5 Å². The standard InChI is InChI=1S/C24H20FN3O3/c1-31-19-10-6-17(7-11-19)24-15-21-20(3-2-12-26-21)23(30)28(24)14-13-27(24)22(29)16-4-8-18(25)9-5-16/h2-12H,13-15H2,1H3. The van der Waals surface area contributed by atoms with E-state index in [4.69, 9.17) is 4.74 Å². The van der Waals surface area contributed by atoms with E-state index in [9.17, 15) is 14.0 Å². The highest BCUT2D eigenvalue weighted by molar-refractivity contribution is 6.00. The Hall–Kier alpha value is -3.74. The van der Waals surface area contributed by atoms with Gasteiger partial charge in [0, 0.05) is 31.3 Å². The number of pyridine rings is 1. The molecule has 0 bridgehead atoms. The Morgan fingerprint density at radius 1 is 1.06 bits per heavy atom. The molecule has 7 heteroatoms. The van der Waals surface area contributed by atoms with Crippen LogP contribution in [0.3, 0.4) is 0 Å². The molecule has 3 heterocycles. The molecule has 0 N–H and O–H groups in total. The minimum atomic E-state index is -1.02. The highest BCUT2D eigenvalue weighted by atomic mass is 19.1. The first-order chi connectivity index (χ1) is 15.0. The summed E-state index contributed by atoms with van der Waals surface area (Å²) in [7, 11) is 1.59. The van der Waals surface area contributed by atoms with E-state index in [1.165, 1.54) is 24.3 Å². The lowest BCUT2D eigenvalue weighted by atomic mass is 9.86. The van der Waals surface area contributed by atoms with Gasteiger partial charge in [0.05, 0.1) is 18.4 Å². The second kappa shape index (κ2) is 7.19. The summed E-state index contributed by atoms with van der Waals surface area (Å²) in [6.45, 7) is 0.758. The summed E-state index contributed by atoms with van der Waals surface area (Å²) >= 11 is 0. The van der Waals surface area contributed by atoms with E-state index in [2.05, 4.69) is 4.98 Å². The highest BCUT2D eigenvalue weighted by Crippen LogP contribution is 2.45. The van der Waals surface area contributed by atoms with Crippen molar-refractivity contribution in [2.24, 2.45) is 0 Å². The highest BCUT2D eigenvalue weighted by Gasteiger charge is 2.56.